The number of nitrogens with one attached hydrogen (secondary N) is 1. The predicted molar refractivity (Wildman–Crippen MR) is 123 cm³/mol. The Hall–Kier alpha value is -3.86. The molecule has 31 heavy (non-hydrogen) atoms. The van der Waals surface area contributed by atoms with Crippen LogP contribution in [-0.2, 0) is 20.7 Å². The molecule has 3 rings (SSSR count). The third-order valence-corrected chi connectivity index (χ3v) is 4.75. The van der Waals surface area contributed by atoms with Crippen LogP contribution in [0, 0.1) is 0 Å². The topological polar surface area (TPSA) is 64.6 Å². The molecule has 0 unspecified atom stereocenters. The van der Waals surface area contributed by atoms with Gasteiger partial charge in [0, 0.05) is 11.3 Å². The van der Waals surface area contributed by atoms with Crippen molar-refractivity contribution >= 4 is 29.2 Å². The summed E-state index contributed by atoms with van der Waals surface area (Å²) >= 11 is 0. The minimum atomic E-state index is -0.587. The average molecular weight is 415 g/mol. The van der Waals surface area contributed by atoms with E-state index in [2.05, 4.69) is 5.32 Å². The summed E-state index contributed by atoms with van der Waals surface area (Å²) in [6, 6.07) is 24.1. The van der Waals surface area contributed by atoms with Crippen molar-refractivity contribution in [2.24, 2.45) is 0 Å². The lowest BCUT2D eigenvalue weighted by Crippen LogP contribution is -2.22. The number of ether oxygens (including phenoxy) is 2. The van der Waals surface area contributed by atoms with Crippen LogP contribution in [0.15, 0.2) is 78.9 Å². The number of para-hydroxylation sites is 2. The normalized spacial score (nSPS) is 11.0. The molecule has 0 atom stereocenters. The molecule has 0 radical (unpaired) electrons. The van der Waals surface area contributed by atoms with E-state index >= 15 is 0 Å². The van der Waals surface area contributed by atoms with Gasteiger partial charge in [0.15, 0.2) is 6.61 Å². The van der Waals surface area contributed by atoms with E-state index in [0.29, 0.717) is 16.9 Å². The van der Waals surface area contributed by atoms with Gasteiger partial charge < -0.3 is 14.8 Å². The number of hydrogen-bond acceptors (Lipinski definition) is 4. The number of amides is 1. The standard InChI is InChI=1S/C26H25NO4/c1-3-19-11-7-9-15-23(19)27-25(28)18-31-26(29)22(20-12-5-4-6-13-20)17-21-14-8-10-16-24(21)30-2/h4-17H,3,18H2,1-2H3,(H,27,28)/b22-17+. The number of hydrogen-bond donors (Lipinski definition) is 1. The van der Waals surface area contributed by atoms with Crippen LogP contribution in [0.1, 0.15) is 23.6 Å². The van der Waals surface area contributed by atoms with E-state index in [0.717, 1.165) is 23.2 Å². The number of rotatable bonds is 8. The number of benzene rings is 3. The van der Waals surface area contributed by atoms with Crippen molar-refractivity contribution in [1.82, 2.24) is 0 Å². The molecule has 5 nitrogen and oxygen atoms in total. The highest BCUT2D eigenvalue weighted by atomic mass is 16.5. The molecule has 0 spiro atoms. The van der Waals surface area contributed by atoms with Gasteiger partial charge in [-0.2, -0.15) is 0 Å². The van der Waals surface area contributed by atoms with E-state index in [4.69, 9.17) is 9.47 Å². The zero-order valence-corrected chi connectivity index (χ0v) is 17.6. The first-order valence-electron chi connectivity index (χ1n) is 10.1. The summed E-state index contributed by atoms with van der Waals surface area (Å²) in [4.78, 5) is 25.3. The summed E-state index contributed by atoms with van der Waals surface area (Å²) in [6.07, 6.45) is 2.50. The second-order valence-corrected chi connectivity index (χ2v) is 6.80. The molecule has 0 saturated carbocycles. The molecule has 0 aromatic heterocycles. The van der Waals surface area contributed by atoms with Gasteiger partial charge in [-0.15, -0.1) is 0 Å². The number of carbonyl (C=O) groups excluding carboxylic acids is 2. The lowest BCUT2D eigenvalue weighted by Gasteiger charge is -2.12. The highest BCUT2D eigenvalue weighted by Gasteiger charge is 2.17. The van der Waals surface area contributed by atoms with Crippen molar-refractivity contribution in [3.8, 4) is 5.75 Å². The number of methoxy groups -OCH3 is 1. The molecule has 0 aliphatic rings. The van der Waals surface area contributed by atoms with Crippen molar-refractivity contribution in [3.05, 3.63) is 95.6 Å². The van der Waals surface area contributed by atoms with Gasteiger partial charge >= 0.3 is 5.97 Å². The molecule has 0 fully saturated rings. The minimum absolute atomic E-state index is 0.340. The van der Waals surface area contributed by atoms with Gasteiger partial charge in [0.25, 0.3) is 5.91 Å². The lowest BCUT2D eigenvalue weighted by atomic mass is 10.0. The van der Waals surface area contributed by atoms with Gasteiger partial charge in [0.05, 0.1) is 12.7 Å². The zero-order chi connectivity index (χ0) is 22.1. The summed E-state index contributed by atoms with van der Waals surface area (Å²) in [5.74, 6) is -0.340. The minimum Gasteiger partial charge on any atom is -0.496 e. The summed E-state index contributed by atoms with van der Waals surface area (Å²) < 4.78 is 10.7. The lowest BCUT2D eigenvalue weighted by molar-refractivity contribution is -0.141. The number of anilines is 1. The Bertz CT molecular complexity index is 1070. The Labute approximate surface area is 182 Å². The average Bonchev–Trinajstić information content (AvgIpc) is 2.82. The van der Waals surface area contributed by atoms with Crippen molar-refractivity contribution in [1.29, 1.82) is 0 Å². The molecule has 0 aliphatic carbocycles. The fourth-order valence-electron chi connectivity index (χ4n) is 3.16. The third-order valence-electron chi connectivity index (χ3n) is 4.75. The van der Waals surface area contributed by atoms with Crippen molar-refractivity contribution in [3.63, 3.8) is 0 Å². The molecule has 3 aromatic carbocycles. The summed E-state index contributed by atoms with van der Waals surface area (Å²) in [7, 11) is 1.58. The van der Waals surface area contributed by atoms with Gasteiger partial charge in [-0.05, 0) is 35.8 Å². The fourth-order valence-corrected chi connectivity index (χ4v) is 3.16. The molecule has 158 valence electrons. The molecular formula is C26H25NO4. The Morgan fingerprint density at radius 2 is 1.58 bits per heavy atom. The van der Waals surface area contributed by atoms with Crippen LogP contribution in [0.4, 0.5) is 5.69 Å². The van der Waals surface area contributed by atoms with Crippen LogP contribution in [0.5, 0.6) is 5.75 Å². The molecular weight excluding hydrogens is 390 g/mol. The van der Waals surface area contributed by atoms with Crippen LogP contribution in [0.2, 0.25) is 0 Å². The molecule has 5 heteroatoms. The molecule has 0 aliphatic heterocycles. The second-order valence-electron chi connectivity index (χ2n) is 6.80. The molecule has 0 heterocycles. The van der Waals surface area contributed by atoms with Crippen molar-refractivity contribution in [2.75, 3.05) is 19.0 Å². The first kappa shape index (κ1) is 21.8. The molecule has 0 bridgehead atoms. The zero-order valence-electron chi connectivity index (χ0n) is 17.6. The van der Waals surface area contributed by atoms with Gasteiger partial charge in [-0.25, -0.2) is 4.79 Å². The van der Waals surface area contributed by atoms with Gasteiger partial charge in [-0.1, -0.05) is 73.7 Å². The summed E-state index contributed by atoms with van der Waals surface area (Å²) in [5.41, 5.74) is 3.51. The number of carbonyl (C=O) groups is 2. The molecule has 3 aromatic rings. The number of esters is 1. The first-order chi connectivity index (χ1) is 15.1. The monoisotopic (exact) mass is 415 g/mol. The van der Waals surface area contributed by atoms with Crippen LogP contribution < -0.4 is 10.1 Å². The van der Waals surface area contributed by atoms with Crippen LogP contribution in [-0.4, -0.2) is 25.6 Å². The van der Waals surface area contributed by atoms with Crippen molar-refractivity contribution < 1.29 is 19.1 Å². The smallest absolute Gasteiger partial charge is 0.339 e. The largest absolute Gasteiger partial charge is 0.496 e. The molecule has 1 N–H and O–H groups in total. The van der Waals surface area contributed by atoms with E-state index in [1.165, 1.54) is 0 Å². The Balaban J connectivity index is 1.78. The Kier molecular flexibility index (Phi) is 7.60. The van der Waals surface area contributed by atoms with Crippen molar-refractivity contribution in [2.45, 2.75) is 13.3 Å². The Morgan fingerprint density at radius 3 is 2.32 bits per heavy atom. The maximum atomic E-state index is 12.9. The Morgan fingerprint density at radius 1 is 0.903 bits per heavy atom. The van der Waals surface area contributed by atoms with Gasteiger partial charge in [0.1, 0.15) is 5.75 Å². The van der Waals surface area contributed by atoms with Crippen LogP contribution in [0.3, 0.4) is 0 Å². The van der Waals surface area contributed by atoms with E-state index in [-0.39, 0.29) is 12.5 Å². The van der Waals surface area contributed by atoms with Crippen LogP contribution >= 0.6 is 0 Å². The second kappa shape index (κ2) is 10.8. The summed E-state index contributed by atoms with van der Waals surface area (Å²) in [6.45, 7) is 1.63. The highest BCUT2D eigenvalue weighted by Crippen LogP contribution is 2.25. The third kappa shape index (κ3) is 5.82. The molecule has 1 amide bonds. The van der Waals surface area contributed by atoms with E-state index in [1.54, 1.807) is 13.2 Å². The first-order valence-corrected chi connectivity index (χ1v) is 10.1. The van der Waals surface area contributed by atoms with Gasteiger partial charge in [0.2, 0.25) is 0 Å². The summed E-state index contributed by atoms with van der Waals surface area (Å²) in [5, 5.41) is 2.81. The van der Waals surface area contributed by atoms with E-state index in [9.17, 15) is 9.59 Å². The maximum absolute atomic E-state index is 12.9. The number of aryl methyl sites for hydroxylation is 1. The molecule has 0 saturated heterocycles. The quantitative estimate of drug-likeness (QED) is 0.320. The highest BCUT2D eigenvalue weighted by molar-refractivity contribution is 6.22. The predicted octanol–water partition coefficient (Wildman–Crippen LogP) is 4.98. The van der Waals surface area contributed by atoms with Gasteiger partial charge in [-0.3, -0.25) is 4.79 Å². The van der Waals surface area contributed by atoms with E-state index in [1.807, 2.05) is 85.8 Å². The fraction of sp³-hybridized carbons (Fsp3) is 0.154. The maximum Gasteiger partial charge on any atom is 0.339 e. The SMILES string of the molecule is CCc1ccccc1NC(=O)COC(=O)/C(=C/c1ccccc1OC)c1ccccc1. The van der Waals surface area contributed by atoms with Crippen LogP contribution in [0.25, 0.3) is 11.6 Å². The van der Waals surface area contributed by atoms with E-state index < -0.39 is 5.97 Å².